The van der Waals surface area contributed by atoms with Gasteiger partial charge in [0.2, 0.25) is 0 Å². The van der Waals surface area contributed by atoms with E-state index in [4.69, 9.17) is 4.42 Å². The van der Waals surface area contributed by atoms with Gasteiger partial charge in [-0.2, -0.15) is 0 Å². The molecule has 0 bridgehead atoms. The second kappa shape index (κ2) is 10.8. The second-order valence-corrected chi connectivity index (χ2v) is 11.8. The molecule has 1 aromatic heterocycles. The van der Waals surface area contributed by atoms with E-state index in [1.54, 1.807) is 0 Å². The molecule has 0 radical (unpaired) electrons. The molecule has 0 aliphatic rings. The van der Waals surface area contributed by atoms with Gasteiger partial charge in [-0.15, -0.1) is 0 Å². The fourth-order valence-electron chi connectivity index (χ4n) is 6.81. The molecular formula is C44H29NO. The van der Waals surface area contributed by atoms with Crippen LogP contribution >= 0.6 is 0 Å². The Hall–Kier alpha value is -6.12. The fourth-order valence-corrected chi connectivity index (χ4v) is 6.81. The summed E-state index contributed by atoms with van der Waals surface area (Å²) in [5, 5.41) is 7.21. The van der Waals surface area contributed by atoms with E-state index in [0.29, 0.717) is 0 Å². The third kappa shape index (κ3) is 4.43. The van der Waals surface area contributed by atoms with Crippen molar-refractivity contribution in [1.82, 2.24) is 0 Å². The summed E-state index contributed by atoms with van der Waals surface area (Å²) in [5.74, 6) is 0. The molecule has 0 spiro atoms. The summed E-state index contributed by atoms with van der Waals surface area (Å²) in [5.41, 5.74) is 9.89. The van der Waals surface area contributed by atoms with Crippen LogP contribution in [0.3, 0.4) is 0 Å². The summed E-state index contributed by atoms with van der Waals surface area (Å²) in [6.07, 6.45) is 0. The van der Waals surface area contributed by atoms with Crippen molar-refractivity contribution in [2.75, 3.05) is 4.90 Å². The normalized spacial score (nSPS) is 11.5. The highest BCUT2D eigenvalue weighted by atomic mass is 16.3. The highest BCUT2D eigenvalue weighted by molar-refractivity contribution is 6.14. The molecule has 0 saturated carbocycles. The maximum atomic E-state index is 6.13. The predicted molar refractivity (Wildman–Crippen MR) is 194 cm³/mol. The van der Waals surface area contributed by atoms with Crippen molar-refractivity contribution in [3.05, 3.63) is 176 Å². The second-order valence-electron chi connectivity index (χ2n) is 11.8. The Balaban J connectivity index is 1.24. The van der Waals surface area contributed by atoms with E-state index in [-0.39, 0.29) is 0 Å². The van der Waals surface area contributed by atoms with E-state index in [0.717, 1.165) is 50.1 Å². The molecule has 0 saturated heterocycles. The van der Waals surface area contributed by atoms with E-state index in [2.05, 4.69) is 169 Å². The number of fused-ring (bicyclic) bond motifs is 6. The third-order valence-corrected chi connectivity index (χ3v) is 9.03. The predicted octanol–water partition coefficient (Wildman–Crippen LogP) is 12.7. The monoisotopic (exact) mass is 587 g/mol. The van der Waals surface area contributed by atoms with Crippen LogP contribution in [0.4, 0.5) is 17.1 Å². The first kappa shape index (κ1) is 26.3. The van der Waals surface area contributed by atoms with E-state index < -0.39 is 0 Å². The molecule has 46 heavy (non-hydrogen) atoms. The van der Waals surface area contributed by atoms with Crippen LogP contribution in [0.2, 0.25) is 0 Å². The van der Waals surface area contributed by atoms with Gasteiger partial charge in [-0.3, -0.25) is 0 Å². The zero-order valence-corrected chi connectivity index (χ0v) is 25.1. The van der Waals surface area contributed by atoms with Gasteiger partial charge in [-0.05, 0) is 86.9 Å². The van der Waals surface area contributed by atoms with Crippen LogP contribution < -0.4 is 4.90 Å². The zero-order chi connectivity index (χ0) is 30.5. The van der Waals surface area contributed by atoms with Gasteiger partial charge in [0.25, 0.3) is 0 Å². The molecular weight excluding hydrogens is 558 g/mol. The SMILES string of the molecule is c1ccc(-c2ccc(N(c3cccc(-c4ccc5oc6ccccc6c5c4)c3)c3cc4ccccc4c4ccccc34)cc2)cc1. The lowest BCUT2D eigenvalue weighted by atomic mass is 9.98. The van der Waals surface area contributed by atoms with Crippen molar-refractivity contribution in [3.63, 3.8) is 0 Å². The Morgan fingerprint density at radius 1 is 0.326 bits per heavy atom. The van der Waals surface area contributed by atoms with Gasteiger partial charge in [0.05, 0.1) is 5.69 Å². The van der Waals surface area contributed by atoms with Crippen molar-refractivity contribution in [2.24, 2.45) is 0 Å². The van der Waals surface area contributed by atoms with Crippen molar-refractivity contribution < 1.29 is 4.42 Å². The van der Waals surface area contributed by atoms with Gasteiger partial charge in [0, 0.05) is 27.5 Å². The summed E-state index contributed by atoms with van der Waals surface area (Å²) < 4.78 is 6.13. The van der Waals surface area contributed by atoms with Gasteiger partial charge in [-0.25, -0.2) is 0 Å². The fraction of sp³-hybridized carbons (Fsp3) is 0. The molecule has 0 fully saturated rings. The molecule has 8 aromatic carbocycles. The van der Waals surface area contributed by atoms with E-state index in [9.17, 15) is 0 Å². The van der Waals surface area contributed by atoms with E-state index in [1.165, 1.54) is 32.7 Å². The number of rotatable bonds is 5. The highest BCUT2D eigenvalue weighted by Gasteiger charge is 2.18. The van der Waals surface area contributed by atoms with Crippen molar-refractivity contribution in [1.29, 1.82) is 0 Å². The minimum absolute atomic E-state index is 0.906. The van der Waals surface area contributed by atoms with Crippen molar-refractivity contribution >= 4 is 60.5 Å². The van der Waals surface area contributed by atoms with Crippen LogP contribution in [0, 0.1) is 0 Å². The Morgan fingerprint density at radius 3 is 1.78 bits per heavy atom. The number of hydrogen-bond donors (Lipinski definition) is 0. The number of para-hydroxylation sites is 1. The molecule has 0 N–H and O–H groups in total. The average Bonchev–Trinajstić information content (AvgIpc) is 3.51. The first-order valence-corrected chi connectivity index (χ1v) is 15.7. The van der Waals surface area contributed by atoms with E-state index >= 15 is 0 Å². The number of anilines is 3. The minimum atomic E-state index is 0.906. The maximum Gasteiger partial charge on any atom is 0.135 e. The summed E-state index contributed by atoms with van der Waals surface area (Å²) in [4.78, 5) is 2.40. The largest absolute Gasteiger partial charge is 0.456 e. The van der Waals surface area contributed by atoms with Crippen LogP contribution in [0.5, 0.6) is 0 Å². The van der Waals surface area contributed by atoms with Crippen molar-refractivity contribution in [3.8, 4) is 22.3 Å². The number of nitrogens with zero attached hydrogens (tertiary/aromatic N) is 1. The molecule has 2 nitrogen and oxygen atoms in total. The molecule has 1 heterocycles. The van der Waals surface area contributed by atoms with Gasteiger partial charge in [0.15, 0.2) is 0 Å². The lowest BCUT2D eigenvalue weighted by Crippen LogP contribution is -2.10. The third-order valence-electron chi connectivity index (χ3n) is 9.03. The molecule has 0 aliphatic heterocycles. The minimum Gasteiger partial charge on any atom is -0.456 e. The quantitative estimate of drug-likeness (QED) is 0.186. The molecule has 0 unspecified atom stereocenters. The molecule has 0 atom stereocenters. The van der Waals surface area contributed by atoms with Gasteiger partial charge < -0.3 is 9.32 Å². The molecule has 2 heteroatoms. The van der Waals surface area contributed by atoms with Gasteiger partial charge in [-0.1, -0.05) is 127 Å². The van der Waals surface area contributed by atoms with Crippen LogP contribution in [-0.2, 0) is 0 Å². The topological polar surface area (TPSA) is 16.4 Å². The molecule has 9 aromatic rings. The maximum absolute atomic E-state index is 6.13. The first-order valence-electron chi connectivity index (χ1n) is 15.7. The van der Waals surface area contributed by atoms with Crippen LogP contribution in [0.25, 0.3) is 65.7 Å². The standard InChI is InChI=1S/C44H29NO/c1-2-11-30(12-3-1)31-21-24-35(25-22-31)45(42-29-34-13-4-5-16-37(34)38-17-6-7-18-39(38)42)36-15-10-14-32(27-36)33-23-26-44-41(28-33)40-19-8-9-20-43(40)46-44/h1-29H. The zero-order valence-electron chi connectivity index (χ0n) is 25.1. The van der Waals surface area contributed by atoms with Crippen LogP contribution in [-0.4, -0.2) is 0 Å². The van der Waals surface area contributed by atoms with Gasteiger partial charge >= 0.3 is 0 Å². The first-order chi connectivity index (χ1) is 22.8. The molecule has 0 amide bonds. The van der Waals surface area contributed by atoms with Crippen LogP contribution in [0.1, 0.15) is 0 Å². The lowest BCUT2D eigenvalue weighted by Gasteiger charge is -2.28. The average molecular weight is 588 g/mol. The number of hydrogen-bond acceptors (Lipinski definition) is 2. The van der Waals surface area contributed by atoms with Gasteiger partial charge in [0.1, 0.15) is 11.2 Å². The summed E-state index contributed by atoms with van der Waals surface area (Å²) in [6, 6.07) is 62.9. The molecule has 9 rings (SSSR count). The van der Waals surface area contributed by atoms with Crippen molar-refractivity contribution in [2.45, 2.75) is 0 Å². The Kier molecular flexibility index (Phi) is 6.17. The Labute approximate surface area is 267 Å². The Morgan fingerprint density at radius 2 is 0.935 bits per heavy atom. The number of benzene rings is 8. The molecule has 0 aliphatic carbocycles. The Bertz CT molecular complexity index is 2530. The van der Waals surface area contributed by atoms with E-state index in [1.807, 2.05) is 12.1 Å². The smallest absolute Gasteiger partial charge is 0.135 e. The van der Waals surface area contributed by atoms with Crippen LogP contribution in [0.15, 0.2) is 180 Å². The molecule has 216 valence electrons. The lowest BCUT2D eigenvalue weighted by molar-refractivity contribution is 0.669. The number of furan rings is 1. The summed E-state index contributed by atoms with van der Waals surface area (Å²) in [7, 11) is 0. The summed E-state index contributed by atoms with van der Waals surface area (Å²) >= 11 is 0. The highest BCUT2D eigenvalue weighted by Crippen LogP contribution is 2.43. The summed E-state index contributed by atoms with van der Waals surface area (Å²) in [6.45, 7) is 0.